The van der Waals surface area contributed by atoms with Crippen LogP contribution in [-0.4, -0.2) is 32.6 Å². The number of fused-ring (bicyclic) bond motifs is 5. The van der Waals surface area contributed by atoms with Crippen molar-refractivity contribution in [2.45, 2.75) is 57.5 Å². The molecule has 0 radical (unpaired) electrons. The van der Waals surface area contributed by atoms with Crippen LogP contribution in [0.1, 0.15) is 71.0 Å². The number of rotatable bonds is 3. The lowest BCUT2D eigenvalue weighted by molar-refractivity contribution is 0.0813. The molecule has 0 saturated carbocycles. The Bertz CT molecular complexity index is 1250. The van der Waals surface area contributed by atoms with E-state index in [4.69, 9.17) is 4.42 Å². The van der Waals surface area contributed by atoms with E-state index >= 15 is 0 Å². The van der Waals surface area contributed by atoms with Gasteiger partial charge in [-0.1, -0.05) is 26.0 Å². The summed E-state index contributed by atoms with van der Waals surface area (Å²) in [4.78, 5) is 37.9. The fourth-order valence-electron chi connectivity index (χ4n) is 4.64. The van der Waals surface area contributed by atoms with Crippen molar-refractivity contribution in [2.24, 2.45) is 0 Å². The Hall–Kier alpha value is -2.94. The number of Topliss-reactive ketones (excluding diaryl/α,β-unsaturated/α-hetero) is 2. The minimum absolute atomic E-state index is 0.00819. The molecule has 0 aliphatic heterocycles. The third kappa shape index (κ3) is 3.18. The Labute approximate surface area is 180 Å². The molecule has 0 fully saturated rings. The predicted molar refractivity (Wildman–Crippen MR) is 113 cm³/mol. The summed E-state index contributed by atoms with van der Waals surface area (Å²) in [5, 5.41) is 1.79. The van der Waals surface area contributed by atoms with Crippen LogP contribution in [0.15, 0.2) is 21.6 Å². The van der Waals surface area contributed by atoms with Crippen molar-refractivity contribution in [3.05, 3.63) is 39.9 Å². The molecule has 1 heterocycles. The molecule has 0 unspecified atom stereocenters. The first-order valence-corrected chi connectivity index (χ1v) is 11.7. The standard InChI is InChI=1S/C22H24N2O6S/c1-5-23-21(27)24-31(28,29)20-11(2)15-17(25)18(26)16-12-7-6-10-22(3,4)14(12)9-8-13(16)19(15)30-20/h8-9H,5-7,10H2,1-4H3,(H2,23,24,27). The smallest absolute Gasteiger partial charge is 0.328 e. The first kappa shape index (κ1) is 21.3. The van der Waals surface area contributed by atoms with Gasteiger partial charge >= 0.3 is 6.03 Å². The largest absolute Gasteiger partial charge is 0.442 e. The second kappa shape index (κ2) is 7.05. The fourth-order valence-corrected chi connectivity index (χ4v) is 5.74. The third-order valence-corrected chi connectivity index (χ3v) is 7.42. The number of urea groups is 1. The first-order chi connectivity index (χ1) is 14.5. The van der Waals surface area contributed by atoms with Gasteiger partial charge < -0.3 is 9.73 Å². The van der Waals surface area contributed by atoms with E-state index in [0.29, 0.717) is 17.5 Å². The summed E-state index contributed by atoms with van der Waals surface area (Å²) in [6.07, 6.45) is 2.53. The number of amides is 2. The molecule has 1 aromatic heterocycles. The van der Waals surface area contributed by atoms with E-state index in [0.717, 1.165) is 24.0 Å². The quantitative estimate of drug-likeness (QED) is 0.701. The van der Waals surface area contributed by atoms with Gasteiger partial charge in [0.05, 0.1) is 5.56 Å². The normalized spacial score (nSPS) is 16.9. The molecule has 0 atom stereocenters. The van der Waals surface area contributed by atoms with Gasteiger partial charge in [0, 0.05) is 23.2 Å². The number of nitrogens with one attached hydrogen (secondary N) is 2. The van der Waals surface area contributed by atoms with Crippen LogP contribution in [0.2, 0.25) is 0 Å². The molecule has 2 amide bonds. The molecule has 31 heavy (non-hydrogen) atoms. The van der Waals surface area contributed by atoms with Gasteiger partial charge in [0.25, 0.3) is 10.0 Å². The zero-order chi connectivity index (χ0) is 22.7. The van der Waals surface area contributed by atoms with Gasteiger partial charge in [-0.2, -0.15) is 8.42 Å². The molecule has 164 valence electrons. The summed E-state index contributed by atoms with van der Waals surface area (Å²) in [5.41, 5.74) is 2.39. The molecule has 9 heteroatoms. The summed E-state index contributed by atoms with van der Waals surface area (Å²) in [7, 11) is -4.38. The molecular weight excluding hydrogens is 420 g/mol. The van der Waals surface area contributed by atoms with Crippen LogP contribution in [-0.2, 0) is 21.9 Å². The van der Waals surface area contributed by atoms with Crippen molar-refractivity contribution in [1.82, 2.24) is 10.0 Å². The number of benzene rings is 1. The zero-order valence-electron chi connectivity index (χ0n) is 17.8. The average Bonchev–Trinajstić information content (AvgIpc) is 3.03. The molecule has 0 saturated heterocycles. The van der Waals surface area contributed by atoms with Crippen LogP contribution < -0.4 is 10.0 Å². The maximum absolute atomic E-state index is 13.1. The van der Waals surface area contributed by atoms with Crippen LogP contribution in [0.5, 0.6) is 0 Å². The molecule has 0 bridgehead atoms. The third-order valence-electron chi connectivity index (χ3n) is 6.09. The zero-order valence-corrected chi connectivity index (χ0v) is 18.7. The summed E-state index contributed by atoms with van der Waals surface area (Å²) in [5.74, 6) is -1.39. The van der Waals surface area contributed by atoms with Gasteiger partial charge in [-0.15, -0.1) is 0 Å². The second-order valence-corrected chi connectivity index (χ2v) is 10.2. The van der Waals surface area contributed by atoms with Crippen molar-refractivity contribution in [3.8, 4) is 11.3 Å². The van der Waals surface area contributed by atoms with Gasteiger partial charge in [0.2, 0.25) is 16.7 Å². The van der Waals surface area contributed by atoms with Gasteiger partial charge in [-0.05, 0) is 49.7 Å². The lowest BCUT2D eigenvalue weighted by Crippen LogP contribution is -2.39. The number of carbonyl (C=O) groups excluding carboxylic acids is 3. The summed E-state index contributed by atoms with van der Waals surface area (Å²) < 4.78 is 33.0. The highest BCUT2D eigenvalue weighted by atomic mass is 32.2. The van der Waals surface area contributed by atoms with E-state index in [1.54, 1.807) is 13.0 Å². The first-order valence-electron chi connectivity index (χ1n) is 10.2. The predicted octanol–water partition coefficient (Wildman–Crippen LogP) is 3.26. The Morgan fingerprint density at radius 1 is 1.16 bits per heavy atom. The van der Waals surface area contributed by atoms with Gasteiger partial charge in [-0.3, -0.25) is 9.59 Å². The molecule has 2 aliphatic rings. The summed E-state index contributed by atoms with van der Waals surface area (Å²) in [6.45, 7) is 7.48. The van der Waals surface area contributed by atoms with E-state index in [2.05, 4.69) is 19.2 Å². The number of ketones is 2. The van der Waals surface area contributed by atoms with Crippen LogP contribution in [0.25, 0.3) is 11.3 Å². The van der Waals surface area contributed by atoms with E-state index in [1.807, 2.05) is 10.8 Å². The maximum atomic E-state index is 13.1. The van der Waals surface area contributed by atoms with Gasteiger partial charge in [0.15, 0.2) is 0 Å². The average molecular weight is 445 g/mol. The highest BCUT2D eigenvalue weighted by Gasteiger charge is 2.42. The second-order valence-electron chi connectivity index (χ2n) is 8.59. The van der Waals surface area contributed by atoms with Crippen LogP contribution in [0.4, 0.5) is 4.79 Å². The minimum atomic E-state index is -4.38. The molecule has 1 aromatic carbocycles. The molecule has 8 nitrogen and oxygen atoms in total. The molecule has 4 rings (SSSR count). The SMILES string of the molecule is CCNC(=O)NS(=O)(=O)c1oc2c(c1C)C(=O)C(=O)c1c-2ccc2c1CCCC2(C)C. The maximum Gasteiger partial charge on any atom is 0.328 e. The Kier molecular flexibility index (Phi) is 4.84. The Balaban J connectivity index is 1.91. The lowest BCUT2D eigenvalue weighted by atomic mass is 9.69. The summed E-state index contributed by atoms with van der Waals surface area (Å²) >= 11 is 0. The van der Waals surface area contributed by atoms with Crippen molar-refractivity contribution < 1.29 is 27.2 Å². The molecular formula is C22H24N2O6S. The monoisotopic (exact) mass is 444 g/mol. The fraction of sp³-hybridized carbons (Fsp3) is 0.409. The lowest BCUT2D eigenvalue weighted by Gasteiger charge is -2.34. The molecule has 2 aromatic rings. The van der Waals surface area contributed by atoms with Crippen molar-refractivity contribution in [3.63, 3.8) is 0 Å². The van der Waals surface area contributed by atoms with Gasteiger partial charge in [0.1, 0.15) is 5.76 Å². The van der Waals surface area contributed by atoms with Gasteiger partial charge in [-0.25, -0.2) is 9.52 Å². The molecule has 2 aliphatic carbocycles. The number of hydrogen-bond acceptors (Lipinski definition) is 6. The minimum Gasteiger partial charge on any atom is -0.442 e. The number of sulfonamides is 1. The molecule has 2 N–H and O–H groups in total. The highest BCUT2D eigenvalue weighted by Crippen LogP contribution is 2.46. The van der Waals surface area contributed by atoms with Crippen molar-refractivity contribution in [2.75, 3.05) is 6.54 Å². The van der Waals surface area contributed by atoms with E-state index in [1.165, 1.54) is 6.92 Å². The highest BCUT2D eigenvalue weighted by molar-refractivity contribution is 7.90. The number of furan rings is 1. The van der Waals surface area contributed by atoms with E-state index in [-0.39, 0.29) is 28.8 Å². The Morgan fingerprint density at radius 2 is 1.84 bits per heavy atom. The van der Waals surface area contributed by atoms with Crippen LogP contribution in [0, 0.1) is 6.92 Å². The van der Waals surface area contributed by atoms with Crippen molar-refractivity contribution in [1.29, 1.82) is 0 Å². The number of carbonyl (C=O) groups is 3. The van der Waals surface area contributed by atoms with Crippen molar-refractivity contribution >= 4 is 27.6 Å². The van der Waals surface area contributed by atoms with E-state index in [9.17, 15) is 22.8 Å². The molecule has 0 spiro atoms. The van der Waals surface area contributed by atoms with Crippen LogP contribution >= 0.6 is 0 Å². The summed E-state index contributed by atoms with van der Waals surface area (Å²) in [6, 6.07) is 2.75. The topological polar surface area (TPSA) is 123 Å². The van der Waals surface area contributed by atoms with E-state index < -0.39 is 32.7 Å². The Morgan fingerprint density at radius 3 is 2.52 bits per heavy atom. The van der Waals surface area contributed by atoms with Crippen LogP contribution in [0.3, 0.4) is 0 Å². The number of hydrogen-bond donors (Lipinski definition) is 2.